The topological polar surface area (TPSA) is 11.4 Å². The molecule has 3 nitrogen and oxygen atoms in total. The van der Waals surface area contributed by atoms with Crippen molar-refractivity contribution in [2.24, 2.45) is 0 Å². The average molecular weight is 704 g/mol. The Morgan fingerprint density at radius 1 is 0.309 bits per heavy atom. The number of fused-ring (bicyclic) bond motifs is 4. The molecule has 0 saturated heterocycles. The SMILES string of the molecule is c1ccc(-c2ccc(N(c3ccccc3)c3cc(N(c4ccccc4)c4ccccc4)cc4c3c3ccccc3n4-c3ccc4ccccc4c3)cc2)cc1. The molecule has 0 bridgehead atoms. The third-order valence-electron chi connectivity index (χ3n) is 10.5. The Morgan fingerprint density at radius 2 is 0.818 bits per heavy atom. The van der Waals surface area contributed by atoms with Crippen LogP contribution < -0.4 is 9.80 Å². The van der Waals surface area contributed by atoms with E-state index in [0.29, 0.717) is 0 Å². The summed E-state index contributed by atoms with van der Waals surface area (Å²) >= 11 is 0. The Bertz CT molecular complexity index is 2860. The highest BCUT2D eigenvalue weighted by Crippen LogP contribution is 2.48. The van der Waals surface area contributed by atoms with Gasteiger partial charge in [0.25, 0.3) is 0 Å². The molecule has 1 heterocycles. The molecule has 1 aromatic heterocycles. The largest absolute Gasteiger partial charge is 0.310 e. The molecular formula is C52H37N3. The minimum Gasteiger partial charge on any atom is -0.310 e. The number of aromatic nitrogens is 1. The lowest BCUT2D eigenvalue weighted by Crippen LogP contribution is -2.14. The van der Waals surface area contributed by atoms with Crippen LogP contribution in [0.3, 0.4) is 0 Å². The summed E-state index contributed by atoms with van der Waals surface area (Å²) in [7, 11) is 0. The second-order valence-electron chi connectivity index (χ2n) is 13.8. The van der Waals surface area contributed by atoms with Gasteiger partial charge in [-0.1, -0.05) is 146 Å². The fourth-order valence-corrected chi connectivity index (χ4v) is 8.00. The molecule has 3 heteroatoms. The van der Waals surface area contributed by atoms with Gasteiger partial charge in [0.05, 0.1) is 22.4 Å². The smallest absolute Gasteiger partial charge is 0.0583 e. The maximum Gasteiger partial charge on any atom is 0.0583 e. The summed E-state index contributed by atoms with van der Waals surface area (Å²) in [5.74, 6) is 0. The minimum atomic E-state index is 1.06. The first-order valence-corrected chi connectivity index (χ1v) is 18.8. The van der Waals surface area contributed by atoms with Crippen LogP contribution in [-0.2, 0) is 0 Å². The van der Waals surface area contributed by atoms with E-state index < -0.39 is 0 Å². The van der Waals surface area contributed by atoms with Crippen molar-refractivity contribution in [2.45, 2.75) is 0 Å². The van der Waals surface area contributed by atoms with Crippen molar-refractivity contribution in [1.82, 2.24) is 4.57 Å². The van der Waals surface area contributed by atoms with Crippen LogP contribution in [-0.4, -0.2) is 4.57 Å². The normalized spacial score (nSPS) is 11.3. The summed E-state index contributed by atoms with van der Waals surface area (Å²) in [5.41, 5.74) is 12.3. The van der Waals surface area contributed by atoms with Crippen molar-refractivity contribution < 1.29 is 0 Å². The molecule has 0 atom stereocenters. The van der Waals surface area contributed by atoms with E-state index in [1.165, 1.54) is 32.7 Å². The quantitative estimate of drug-likeness (QED) is 0.156. The first-order chi connectivity index (χ1) is 27.3. The summed E-state index contributed by atoms with van der Waals surface area (Å²) in [6.07, 6.45) is 0. The van der Waals surface area contributed by atoms with Crippen LogP contribution in [0.5, 0.6) is 0 Å². The third kappa shape index (κ3) is 5.89. The van der Waals surface area contributed by atoms with E-state index >= 15 is 0 Å². The number of nitrogens with zero attached hydrogens (tertiary/aromatic N) is 3. The van der Waals surface area contributed by atoms with E-state index in [1.54, 1.807) is 0 Å². The van der Waals surface area contributed by atoms with E-state index in [9.17, 15) is 0 Å². The lowest BCUT2D eigenvalue weighted by Gasteiger charge is -2.30. The summed E-state index contributed by atoms with van der Waals surface area (Å²) < 4.78 is 2.44. The fourth-order valence-electron chi connectivity index (χ4n) is 8.00. The lowest BCUT2D eigenvalue weighted by atomic mass is 10.0. The molecule has 9 aromatic carbocycles. The third-order valence-corrected chi connectivity index (χ3v) is 10.5. The highest BCUT2D eigenvalue weighted by atomic mass is 15.2. The summed E-state index contributed by atoms with van der Waals surface area (Å²) in [4.78, 5) is 4.79. The Balaban J connectivity index is 1.31. The summed E-state index contributed by atoms with van der Waals surface area (Å²) in [6, 6.07) is 80.7. The zero-order chi connectivity index (χ0) is 36.6. The summed E-state index contributed by atoms with van der Waals surface area (Å²) in [6.45, 7) is 0. The highest BCUT2D eigenvalue weighted by Gasteiger charge is 2.25. The van der Waals surface area contributed by atoms with Crippen LogP contribution in [0.1, 0.15) is 0 Å². The molecule has 0 aliphatic rings. The predicted molar refractivity (Wildman–Crippen MR) is 233 cm³/mol. The molecule has 0 aliphatic carbocycles. The maximum absolute atomic E-state index is 2.44. The number of benzene rings is 9. The van der Waals surface area contributed by atoms with E-state index in [4.69, 9.17) is 0 Å². The van der Waals surface area contributed by atoms with Crippen molar-refractivity contribution >= 4 is 66.7 Å². The van der Waals surface area contributed by atoms with Crippen molar-refractivity contribution in [3.05, 3.63) is 224 Å². The van der Waals surface area contributed by atoms with Crippen LogP contribution in [0.4, 0.5) is 34.1 Å². The van der Waals surface area contributed by atoms with E-state index in [0.717, 1.165) is 50.8 Å². The van der Waals surface area contributed by atoms with Gasteiger partial charge in [-0.25, -0.2) is 0 Å². The van der Waals surface area contributed by atoms with Gasteiger partial charge in [0.1, 0.15) is 0 Å². The molecule has 0 saturated carbocycles. The van der Waals surface area contributed by atoms with Crippen LogP contribution in [0.2, 0.25) is 0 Å². The summed E-state index contributed by atoms with van der Waals surface area (Å²) in [5, 5.41) is 4.81. The van der Waals surface area contributed by atoms with Gasteiger partial charge in [-0.2, -0.15) is 0 Å². The van der Waals surface area contributed by atoms with Crippen LogP contribution >= 0.6 is 0 Å². The van der Waals surface area contributed by atoms with E-state index in [-0.39, 0.29) is 0 Å². The molecule has 0 radical (unpaired) electrons. The molecular weight excluding hydrogens is 667 g/mol. The monoisotopic (exact) mass is 703 g/mol. The Morgan fingerprint density at radius 3 is 1.47 bits per heavy atom. The molecule has 10 rings (SSSR count). The van der Waals surface area contributed by atoms with Crippen molar-refractivity contribution in [3.63, 3.8) is 0 Å². The first kappa shape index (κ1) is 32.3. The van der Waals surface area contributed by atoms with Gasteiger partial charge in [0, 0.05) is 39.2 Å². The van der Waals surface area contributed by atoms with E-state index in [1.807, 2.05) is 0 Å². The Labute approximate surface area is 321 Å². The molecule has 10 aromatic rings. The number of hydrogen-bond acceptors (Lipinski definition) is 2. The lowest BCUT2D eigenvalue weighted by molar-refractivity contribution is 1.18. The second kappa shape index (κ2) is 13.9. The van der Waals surface area contributed by atoms with Gasteiger partial charge in [-0.15, -0.1) is 0 Å². The molecule has 0 amide bonds. The first-order valence-electron chi connectivity index (χ1n) is 18.8. The Kier molecular flexibility index (Phi) is 8.16. The zero-order valence-electron chi connectivity index (χ0n) is 30.2. The fraction of sp³-hybridized carbons (Fsp3) is 0. The van der Waals surface area contributed by atoms with Gasteiger partial charge in [0.15, 0.2) is 0 Å². The highest BCUT2D eigenvalue weighted by molar-refractivity contribution is 6.18. The average Bonchev–Trinajstić information content (AvgIpc) is 3.60. The minimum absolute atomic E-state index is 1.06. The van der Waals surface area contributed by atoms with Gasteiger partial charge >= 0.3 is 0 Å². The van der Waals surface area contributed by atoms with Crippen LogP contribution in [0, 0.1) is 0 Å². The molecule has 55 heavy (non-hydrogen) atoms. The van der Waals surface area contributed by atoms with Gasteiger partial charge in [0.2, 0.25) is 0 Å². The number of rotatable bonds is 8. The van der Waals surface area contributed by atoms with Crippen LogP contribution in [0.15, 0.2) is 224 Å². The number of para-hydroxylation sites is 4. The zero-order valence-corrected chi connectivity index (χ0v) is 30.2. The molecule has 0 spiro atoms. The maximum atomic E-state index is 2.44. The van der Waals surface area contributed by atoms with Crippen molar-refractivity contribution in [2.75, 3.05) is 9.80 Å². The van der Waals surface area contributed by atoms with Crippen LogP contribution in [0.25, 0.3) is 49.4 Å². The molecule has 260 valence electrons. The number of hydrogen-bond donors (Lipinski definition) is 0. The van der Waals surface area contributed by atoms with Gasteiger partial charge < -0.3 is 14.4 Å². The predicted octanol–water partition coefficient (Wildman–Crippen LogP) is 14.5. The van der Waals surface area contributed by atoms with E-state index in [2.05, 4.69) is 239 Å². The van der Waals surface area contributed by atoms with Crippen molar-refractivity contribution in [3.8, 4) is 16.8 Å². The molecule has 0 aliphatic heterocycles. The van der Waals surface area contributed by atoms with Gasteiger partial charge in [-0.3, -0.25) is 0 Å². The Hall–Kier alpha value is -7.36. The molecule has 0 N–H and O–H groups in total. The van der Waals surface area contributed by atoms with Gasteiger partial charge in [-0.05, 0) is 101 Å². The number of anilines is 6. The molecule has 0 unspecified atom stereocenters. The molecule has 0 fully saturated rings. The standard InChI is InChI=1S/C52H37N3/c1-5-17-38(18-6-1)40-29-32-45(33-30-40)54(44-25-11-4-12-26-44)50-36-47(53(42-21-7-2-8-22-42)43-23-9-3-10-24-43)37-51-52(50)48-27-15-16-28-49(48)55(51)46-34-31-39-19-13-14-20-41(39)35-46/h1-37H. The van der Waals surface area contributed by atoms with Crippen molar-refractivity contribution in [1.29, 1.82) is 0 Å². The second-order valence-corrected chi connectivity index (χ2v) is 13.8.